The maximum Gasteiger partial charge on any atom is 0.263 e. The van der Waals surface area contributed by atoms with Gasteiger partial charge in [-0.15, -0.1) is 21.5 Å². The van der Waals surface area contributed by atoms with Gasteiger partial charge in [-0.1, -0.05) is 35.1 Å². The Morgan fingerprint density at radius 2 is 2.16 bits per heavy atom. The number of rotatable bonds is 5. The van der Waals surface area contributed by atoms with Crippen molar-refractivity contribution in [1.29, 1.82) is 0 Å². The van der Waals surface area contributed by atoms with E-state index in [2.05, 4.69) is 26.6 Å². The zero-order chi connectivity index (χ0) is 22.2. The Kier molecular flexibility index (Phi) is 5.58. The lowest BCUT2D eigenvalue weighted by Gasteiger charge is -2.08. The van der Waals surface area contributed by atoms with Crippen LogP contribution in [-0.2, 0) is 16.1 Å². The number of amides is 1. The Hall–Kier alpha value is -2.95. The van der Waals surface area contributed by atoms with Crippen LogP contribution in [0.15, 0.2) is 34.7 Å². The molecule has 8 nitrogen and oxygen atoms in total. The average molecular weight is 468 g/mol. The molecule has 32 heavy (non-hydrogen) atoms. The molecule has 10 heteroatoms. The largest absolute Gasteiger partial charge is 0.371 e. The van der Waals surface area contributed by atoms with E-state index in [0.717, 1.165) is 46.7 Å². The number of fused-ring (bicyclic) bond motifs is 1. The van der Waals surface area contributed by atoms with Crippen LogP contribution in [0, 0.1) is 13.8 Å². The summed E-state index contributed by atoms with van der Waals surface area (Å²) in [6, 6.07) is 6.14. The molecular formula is C22H21N5O3S2. The van der Waals surface area contributed by atoms with E-state index in [1.54, 1.807) is 0 Å². The smallest absolute Gasteiger partial charge is 0.263 e. The van der Waals surface area contributed by atoms with Gasteiger partial charge in [-0.2, -0.15) is 0 Å². The second kappa shape index (κ2) is 8.53. The van der Waals surface area contributed by atoms with E-state index < -0.39 is 0 Å². The first-order valence-electron chi connectivity index (χ1n) is 10.3. The van der Waals surface area contributed by atoms with Crippen LogP contribution in [0.5, 0.6) is 0 Å². The Bertz CT molecular complexity index is 1370. The molecule has 0 bridgehead atoms. The minimum Gasteiger partial charge on any atom is -0.371 e. The van der Waals surface area contributed by atoms with Crippen molar-refractivity contribution in [3.8, 4) is 11.1 Å². The number of anilines is 1. The normalized spacial score (nSPS) is 16.0. The molecule has 1 atom stereocenters. The van der Waals surface area contributed by atoms with Crippen molar-refractivity contribution in [3.63, 3.8) is 0 Å². The number of hydrogen-bond donors (Lipinski definition) is 1. The van der Waals surface area contributed by atoms with Crippen LogP contribution in [0.1, 0.15) is 35.1 Å². The van der Waals surface area contributed by atoms with E-state index in [4.69, 9.17) is 4.74 Å². The monoisotopic (exact) mass is 467 g/mol. The molecule has 0 radical (unpaired) electrons. The topological polar surface area (TPSA) is 99.0 Å². The maximum atomic E-state index is 13.2. The van der Waals surface area contributed by atoms with Gasteiger partial charge < -0.3 is 4.74 Å². The summed E-state index contributed by atoms with van der Waals surface area (Å²) in [6.07, 6.45) is 3.28. The number of nitrogens with one attached hydrogen (secondary N) is 1. The van der Waals surface area contributed by atoms with Crippen LogP contribution in [0.2, 0.25) is 0 Å². The lowest BCUT2D eigenvalue weighted by Crippen LogP contribution is -2.27. The van der Waals surface area contributed by atoms with Crippen molar-refractivity contribution < 1.29 is 9.53 Å². The molecule has 0 aliphatic carbocycles. The summed E-state index contributed by atoms with van der Waals surface area (Å²) in [6.45, 7) is 4.63. The molecule has 0 saturated carbocycles. The molecule has 1 N–H and O–H groups in total. The second-order valence-electron chi connectivity index (χ2n) is 7.82. The Morgan fingerprint density at radius 1 is 1.28 bits per heavy atom. The van der Waals surface area contributed by atoms with Crippen LogP contribution in [-0.4, -0.2) is 32.3 Å². The highest BCUT2D eigenvalue weighted by Gasteiger charge is 2.22. The molecule has 4 aromatic rings. The molecule has 3 aromatic heterocycles. The molecule has 1 aliphatic heterocycles. The minimum absolute atomic E-state index is 0.0466. The van der Waals surface area contributed by atoms with Gasteiger partial charge in [-0.05, 0) is 37.8 Å². The van der Waals surface area contributed by atoms with Gasteiger partial charge in [0.1, 0.15) is 22.5 Å². The van der Waals surface area contributed by atoms with Crippen LogP contribution in [0.25, 0.3) is 21.3 Å². The Balaban J connectivity index is 1.39. The highest BCUT2D eigenvalue weighted by atomic mass is 32.1. The summed E-state index contributed by atoms with van der Waals surface area (Å²) in [5.41, 5.74) is 3.87. The first kappa shape index (κ1) is 20.9. The fraction of sp³-hybridized carbons (Fsp3) is 0.318. The number of aromatic nitrogens is 4. The summed E-state index contributed by atoms with van der Waals surface area (Å²) < 4.78 is 6.94. The van der Waals surface area contributed by atoms with Gasteiger partial charge in [0.2, 0.25) is 11.0 Å². The standard InChI is InChI=1S/C22H21N5O3S2/c1-12-5-6-14(13(2)8-12)15-10-31-20-18(15)21(29)27(11-23-20)9-17(28)24-22-26-25-19(32-22)16-4-3-7-30-16/h5-6,8,10-11,16H,3-4,7,9H2,1-2H3,(H,24,26,28). The van der Waals surface area contributed by atoms with Crippen molar-refractivity contribution in [2.45, 2.75) is 39.3 Å². The van der Waals surface area contributed by atoms with E-state index in [9.17, 15) is 9.59 Å². The number of ether oxygens (including phenoxy) is 1. The zero-order valence-corrected chi connectivity index (χ0v) is 19.3. The summed E-state index contributed by atoms with van der Waals surface area (Å²) in [5, 5.41) is 14.5. The molecular weight excluding hydrogens is 446 g/mol. The van der Waals surface area contributed by atoms with Gasteiger partial charge in [0, 0.05) is 17.6 Å². The minimum atomic E-state index is -0.355. The highest BCUT2D eigenvalue weighted by molar-refractivity contribution is 7.17. The fourth-order valence-electron chi connectivity index (χ4n) is 3.90. The van der Waals surface area contributed by atoms with E-state index in [0.29, 0.717) is 15.3 Å². The van der Waals surface area contributed by atoms with E-state index in [1.165, 1.54) is 33.6 Å². The van der Waals surface area contributed by atoms with Gasteiger partial charge >= 0.3 is 0 Å². The van der Waals surface area contributed by atoms with Gasteiger partial charge in [-0.3, -0.25) is 19.5 Å². The van der Waals surface area contributed by atoms with Crippen LogP contribution >= 0.6 is 22.7 Å². The van der Waals surface area contributed by atoms with Gasteiger partial charge in [0.15, 0.2) is 0 Å². The van der Waals surface area contributed by atoms with Crippen LogP contribution < -0.4 is 10.9 Å². The van der Waals surface area contributed by atoms with Crippen molar-refractivity contribution in [2.75, 3.05) is 11.9 Å². The molecule has 0 spiro atoms. The first-order valence-corrected chi connectivity index (χ1v) is 12.0. The number of aryl methyl sites for hydroxylation is 2. The number of nitrogens with zero attached hydrogens (tertiary/aromatic N) is 4. The number of carbonyl (C=O) groups excluding carboxylic acids is 1. The molecule has 1 fully saturated rings. The second-order valence-corrected chi connectivity index (χ2v) is 9.69. The molecule has 1 aliphatic rings. The van der Waals surface area contributed by atoms with E-state index >= 15 is 0 Å². The van der Waals surface area contributed by atoms with Crippen LogP contribution in [0.3, 0.4) is 0 Å². The van der Waals surface area contributed by atoms with Crippen molar-refractivity contribution >= 4 is 43.9 Å². The summed E-state index contributed by atoms with van der Waals surface area (Å²) in [7, 11) is 0. The molecule has 1 saturated heterocycles. The highest BCUT2D eigenvalue weighted by Crippen LogP contribution is 2.33. The fourth-order valence-corrected chi connectivity index (χ4v) is 5.64. The molecule has 5 rings (SSSR count). The van der Waals surface area contributed by atoms with Crippen molar-refractivity contribution in [1.82, 2.24) is 19.7 Å². The average Bonchev–Trinajstić information content (AvgIpc) is 3.50. The molecule has 164 valence electrons. The third-order valence-electron chi connectivity index (χ3n) is 5.44. The molecule has 1 unspecified atom stereocenters. The Labute approximate surface area is 191 Å². The lowest BCUT2D eigenvalue weighted by atomic mass is 9.99. The van der Waals surface area contributed by atoms with Gasteiger partial charge in [0.05, 0.1) is 11.7 Å². The summed E-state index contributed by atoms with van der Waals surface area (Å²) >= 11 is 2.73. The van der Waals surface area contributed by atoms with Crippen molar-refractivity contribution in [3.05, 3.63) is 56.4 Å². The van der Waals surface area contributed by atoms with Crippen LogP contribution in [0.4, 0.5) is 5.13 Å². The predicted molar refractivity (Wildman–Crippen MR) is 125 cm³/mol. The molecule has 1 amide bonds. The third-order valence-corrected chi connectivity index (χ3v) is 7.26. The first-order chi connectivity index (χ1) is 15.5. The SMILES string of the molecule is Cc1ccc(-c2csc3ncn(CC(=O)Nc4nnc(C5CCCO5)s4)c(=O)c23)c(C)c1. The number of hydrogen-bond acceptors (Lipinski definition) is 8. The molecule has 4 heterocycles. The lowest BCUT2D eigenvalue weighted by molar-refractivity contribution is -0.116. The van der Waals surface area contributed by atoms with Crippen molar-refractivity contribution in [2.24, 2.45) is 0 Å². The molecule has 1 aromatic carbocycles. The third kappa shape index (κ3) is 3.96. The Morgan fingerprint density at radius 3 is 2.94 bits per heavy atom. The van der Waals surface area contributed by atoms with E-state index in [1.807, 2.05) is 31.4 Å². The van der Waals surface area contributed by atoms with Gasteiger partial charge in [0.25, 0.3) is 5.56 Å². The number of benzene rings is 1. The quantitative estimate of drug-likeness (QED) is 0.475. The number of carbonyl (C=O) groups is 1. The summed E-state index contributed by atoms with van der Waals surface area (Å²) in [4.78, 5) is 30.9. The number of thiophene rings is 1. The van der Waals surface area contributed by atoms with E-state index in [-0.39, 0.29) is 24.1 Å². The zero-order valence-electron chi connectivity index (χ0n) is 17.6. The predicted octanol–water partition coefficient (Wildman–Crippen LogP) is 4.08. The summed E-state index contributed by atoms with van der Waals surface area (Å²) in [5.74, 6) is -0.355. The van der Waals surface area contributed by atoms with Gasteiger partial charge in [-0.25, -0.2) is 4.98 Å². The maximum absolute atomic E-state index is 13.2.